The third-order valence-electron chi connectivity index (χ3n) is 5.78. The number of ether oxygens (including phenoxy) is 3. The van der Waals surface area contributed by atoms with Gasteiger partial charge in [-0.25, -0.2) is 0 Å². The summed E-state index contributed by atoms with van der Waals surface area (Å²) in [6.07, 6.45) is 5.99. The fourth-order valence-corrected chi connectivity index (χ4v) is 4.14. The molecule has 2 aromatic carbocycles. The number of carbonyl (C=O) groups is 1. The van der Waals surface area contributed by atoms with Gasteiger partial charge in [0, 0.05) is 30.9 Å². The molecule has 0 saturated carbocycles. The van der Waals surface area contributed by atoms with Gasteiger partial charge in [-0.05, 0) is 69.9 Å². The maximum absolute atomic E-state index is 12.8. The molecule has 1 aliphatic rings. The van der Waals surface area contributed by atoms with Crippen molar-refractivity contribution in [2.75, 3.05) is 44.4 Å². The van der Waals surface area contributed by atoms with E-state index in [4.69, 9.17) is 14.2 Å². The molecule has 1 heterocycles. The fraction of sp³-hybridized carbons (Fsp3) is 0.519. The van der Waals surface area contributed by atoms with Crippen molar-refractivity contribution in [1.82, 2.24) is 5.32 Å². The highest BCUT2D eigenvalue weighted by Crippen LogP contribution is 2.39. The minimum atomic E-state index is -0.152. The highest BCUT2D eigenvalue weighted by molar-refractivity contribution is 5.95. The number of benzene rings is 2. The van der Waals surface area contributed by atoms with Crippen LogP contribution in [0.5, 0.6) is 17.2 Å². The Morgan fingerprint density at radius 3 is 1.97 bits per heavy atom. The number of anilines is 1. The lowest BCUT2D eigenvalue weighted by Crippen LogP contribution is -2.26. The summed E-state index contributed by atoms with van der Waals surface area (Å²) in [5, 5.41) is 3.02. The molecular weight excluding hydrogens is 416 g/mol. The van der Waals surface area contributed by atoms with Crippen molar-refractivity contribution in [1.29, 1.82) is 0 Å². The van der Waals surface area contributed by atoms with E-state index >= 15 is 0 Å². The molecule has 0 unspecified atom stereocenters. The van der Waals surface area contributed by atoms with E-state index in [-0.39, 0.29) is 5.91 Å². The van der Waals surface area contributed by atoms with E-state index in [0.29, 0.717) is 49.2 Å². The molecule has 0 aromatic heterocycles. The van der Waals surface area contributed by atoms with Crippen LogP contribution in [0.15, 0.2) is 36.4 Å². The second kappa shape index (κ2) is 13.0. The van der Waals surface area contributed by atoms with Crippen LogP contribution in [0, 0.1) is 0 Å². The number of rotatable bonds is 11. The van der Waals surface area contributed by atoms with Crippen LogP contribution in [0.1, 0.15) is 62.4 Å². The average Bonchev–Trinajstić information content (AvgIpc) is 3.11. The zero-order chi connectivity index (χ0) is 23.5. The first-order valence-corrected chi connectivity index (χ1v) is 12.3. The third kappa shape index (κ3) is 7.04. The standard InChI is InChI=1S/C27H38N2O4/c1-4-31-24-19-22(20-25(32-5-2)26(24)33-6-3)27(30)28-16-15-21-11-13-23(14-12-21)29-17-9-7-8-10-18-29/h11-14,19-20H,4-10,15-18H2,1-3H3,(H,28,30). The largest absolute Gasteiger partial charge is 0.490 e. The van der Waals surface area contributed by atoms with Crippen molar-refractivity contribution in [3.05, 3.63) is 47.5 Å². The molecule has 1 N–H and O–H groups in total. The molecule has 1 saturated heterocycles. The van der Waals surface area contributed by atoms with Crippen molar-refractivity contribution in [2.24, 2.45) is 0 Å². The summed E-state index contributed by atoms with van der Waals surface area (Å²) >= 11 is 0. The highest BCUT2D eigenvalue weighted by atomic mass is 16.5. The maximum atomic E-state index is 12.8. The Bertz CT molecular complexity index is 847. The number of hydrogen-bond acceptors (Lipinski definition) is 5. The van der Waals surface area contributed by atoms with E-state index in [0.717, 1.165) is 19.5 Å². The lowest BCUT2D eigenvalue weighted by molar-refractivity contribution is 0.0953. The van der Waals surface area contributed by atoms with Crippen LogP contribution in [0.3, 0.4) is 0 Å². The molecule has 180 valence electrons. The molecule has 0 bridgehead atoms. The van der Waals surface area contributed by atoms with Gasteiger partial charge < -0.3 is 24.4 Å². The summed E-state index contributed by atoms with van der Waals surface area (Å²) < 4.78 is 17.2. The average molecular weight is 455 g/mol. The molecular formula is C27H38N2O4. The van der Waals surface area contributed by atoms with Crippen molar-refractivity contribution in [2.45, 2.75) is 52.9 Å². The molecule has 3 rings (SSSR count). The number of nitrogens with zero attached hydrogens (tertiary/aromatic N) is 1. The molecule has 33 heavy (non-hydrogen) atoms. The Morgan fingerprint density at radius 1 is 0.848 bits per heavy atom. The third-order valence-corrected chi connectivity index (χ3v) is 5.78. The Morgan fingerprint density at radius 2 is 1.42 bits per heavy atom. The van der Waals surface area contributed by atoms with Crippen LogP contribution in [0.25, 0.3) is 0 Å². The quantitative estimate of drug-likeness (QED) is 0.503. The van der Waals surface area contributed by atoms with Crippen molar-refractivity contribution in [3.8, 4) is 17.2 Å². The maximum Gasteiger partial charge on any atom is 0.251 e. The van der Waals surface area contributed by atoms with Gasteiger partial charge in [0.05, 0.1) is 19.8 Å². The van der Waals surface area contributed by atoms with Crippen LogP contribution in [0.4, 0.5) is 5.69 Å². The van der Waals surface area contributed by atoms with Crippen LogP contribution in [-0.4, -0.2) is 45.4 Å². The second-order valence-electron chi connectivity index (χ2n) is 8.17. The van der Waals surface area contributed by atoms with Crippen LogP contribution < -0.4 is 24.4 Å². The summed E-state index contributed by atoms with van der Waals surface area (Å²) in [5.41, 5.74) is 3.01. The first-order chi connectivity index (χ1) is 16.2. The number of amides is 1. The van der Waals surface area contributed by atoms with E-state index in [2.05, 4.69) is 34.5 Å². The molecule has 6 nitrogen and oxygen atoms in total. The summed E-state index contributed by atoms with van der Waals surface area (Å²) in [7, 11) is 0. The predicted molar refractivity (Wildman–Crippen MR) is 133 cm³/mol. The van der Waals surface area contributed by atoms with Crippen molar-refractivity contribution >= 4 is 11.6 Å². The summed E-state index contributed by atoms with van der Waals surface area (Å²) in [5.74, 6) is 1.45. The van der Waals surface area contributed by atoms with Crippen LogP contribution >= 0.6 is 0 Å². The van der Waals surface area contributed by atoms with E-state index in [1.807, 2.05) is 20.8 Å². The lowest BCUT2D eigenvalue weighted by atomic mass is 10.1. The number of hydrogen-bond donors (Lipinski definition) is 1. The van der Waals surface area contributed by atoms with Gasteiger partial charge in [-0.3, -0.25) is 4.79 Å². The number of carbonyl (C=O) groups excluding carboxylic acids is 1. The molecule has 0 spiro atoms. The van der Waals surface area contributed by atoms with Gasteiger partial charge >= 0.3 is 0 Å². The molecule has 6 heteroatoms. The van der Waals surface area contributed by atoms with Crippen molar-refractivity contribution in [3.63, 3.8) is 0 Å². The predicted octanol–water partition coefficient (Wildman–Crippen LogP) is 5.24. The summed E-state index contributed by atoms with van der Waals surface area (Å²) in [6, 6.07) is 12.2. The van der Waals surface area contributed by atoms with Gasteiger partial charge in [0.1, 0.15) is 0 Å². The smallest absolute Gasteiger partial charge is 0.251 e. The molecule has 0 radical (unpaired) electrons. The SMILES string of the molecule is CCOc1cc(C(=O)NCCc2ccc(N3CCCCCC3)cc2)cc(OCC)c1OCC. The molecule has 2 aromatic rings. The minimum Gasteiger partial charge on any atom is -0.490 e. The lowest BCUT2D eigenvalue weighted by Gasteiger charge is -2.22. The topological polar surface area (TPSA) is 60.0 Å². The zero-order valence-electron chi connectivity index (χ0n) is 20.3. The Kier molecular flexibility index (Phi) is 9.73. The highest BCUT2D eigenvalue weighted by Gasteiger charge is 2.18. The van der Waals surface area contributed by atoms with Gasteiger partial charge in [0.25, 0.3) is 5.91 Å². The second-order valence-corrected chi connectivity index (χ2v) is 8.17. The van der Waals surface area contributed by atoms with Gasteiger partial charge in [0.2, 0.25) is 5.75 Å². The molecule has 0 aliphatic carbocycles. The Balaban J connectivity index is 1.60. The van der Waals surface area contributed by atoms with Gasteiger partial charge in [-0.1, -0.05) is 25.0 Å². The normalized spacial score (nSPS) is 13.8. The zero-order valence-corrected chi connectivity index (χ0v) is 20.3. The molecule has 0 atom stereocenters. The minimum absolute atomic E-state index is 0.152. The van der Waals surface area contributed by atoms with Gasteiger partial charge in [-0.15, -0.1) is 0 Å². The first kappa shape index (κ1) is 24.7. The number of nitrogens with one attached hydrogen (secondary N) is 1. The van der Waals surface area contributed by atoms with Crippen LogP contribution in [0.2, 0.25) is 0 Å². The summed E-state index contributed by atoms with van der Waals surface area (Å²) in [6.45, 7) is 10.0. The van der Waals surface area contributed by atoms with Gasteiger partial charge in [-0.2, -0.15) is 0 Å². The monoisotopic (exact) mass is 454 g/mol. The Hall–Kier alpha value is -2.89. The van der Waals surface area contributed by atoms with E-state index < -0.39 is 0 Å². The molecule has 1 amide bonds. The van der Waals surface area contributed by atoms with E-state index in [1.165, 1.54) is 36.9 Å². The van der Waals surface area contributed by atoms with Crippen LogP contribution in [-0.2, 0) is 6.42 Å². The Labute approximate surface area is 198 Å². The molecule has 1 aliphatic heterocycles. The molecule has 1 fully saturated rings. The fourth-order valence-electron chi connectivity index (χ4n) is 4.14. The summed E-state index contributed by atoms with van der Waals surface area (Å²) in [4.78, 5) is 15.3. The van der Waals surface area contributed by atoms with E-state index in [1.54, 1.807) is 12.1 Å². The van der Waals surface area contributed by atoms with E-state index in [9.17, 15) is 4.79 Å². The van der Waals surface area contributed by atoms with Crippen molar-refractivity contribution < 1.29 is 19.0 Å². The van der Waals surface area contributed by atoms with Gasteiger partial charge in [0.15, 0.2) is 11.5 Å². The first-order valence-electron chi connectivity index (χ1n) is 12.3.